The largest absolute Gasteiger partial charge is 0.497 e. The van der Waals surface area contributed by atoms with Crippen molar-refractivity contribution < 1.29 is 19.1 Å². The molecule has 0 saturated heterocycles. The second-order valence-corrected chi connectivity index (χ2v) is 7.48. The van der Waals surface area contributed by atoms with Gasteiger partial charge in [-0.1, -0.05) is 13.8 Å². The Bertz CT molecular complexity index is 1050. The Morgan fingerprint density at radius 1 is 0.969 bits per heavy atom. The summed E-state index contributed by atoms with van der Waals surface area (Å²) in [6.45, 7) is 3.90. The first-order valence-corrected chi connectivity index (χ1v) is 10.2. The Kier molecular flexibility index (Phi) is 7.43. The number of H-pyrrole nitrogens is 1. The molecule has 168 valence electrons. The number of carbonyl (C=O) groups excluding carboxylic acids is 2. The number of nitrogens with zero attached hydrogens (tertiary/aromatic N) is 2. The Balaban J connectivity index is 1.60. The van der Waals surface area contributed by atoms with Crippen LogP contribution in [-0.4, -0.2) is 47.3 Å². The molecule has 1 heterocycles. The quantitative estimate of drug-likeness (QED) is 0.474. The van der Waals surface area contributed by atoms with Crippen LogP contribution in [-0.2, 0) is 11.3 Å². The van der Waals surface area contributed by atoms with Crippen LogP contribution >= 0.6 is 0 Å². The molecule has 1 unspecified atom stereocenters. The monoisotopic (exact) mass is 437 g/mol. The maximum atomic E-state index is 12.8. The number of amides is 2. The number of aromatic nitrogens is 3. The van der Waals surface area contributed by atoms with Gasteiger partial charge in [-0.2, -0.15) is 5.10 Å². The van der Waals surface area contributed by atoms with Gasteiger partial charge in [0.1, 0.15) is 23.4 Å². The first-order valence-electron chi connectivity index (χ1n) is 10.2. The molecule has 0 radical (unpaired) electrons. The highest BCUT2D eigenvalue weighted by Gasteiger charge is 2.25. The topological polar surface area (TPSA) is 118 Å². The van der Waals surface area contributed by atoms with Crippen LogP contribution in [0.5, 0.6) is 11.5 Å². The van der Waals surface area contributed by atoms with Crippen LogP contribution in [0.25, 0.3) is 11.4 Å². The van der Waals surface area contributed by atoms with Crippen molar-refractivity contribution >= 4 is 11.8 Å². The lowest BCUT2D eigenvalue weighted by Crippen LogP contribution is -2.49. The maximum Gasteiger partial charge on any atom is 0.251 e. The molecule has 0 aliphatic heterocycles. The van der Waals surface area contributed by atoms with Crippen LogP contribution in [0, 0.1) is 5.92 Å². The second-order valence-electron chi connectivity index (χ2n) is 7.48. The summed E-state index contributed by atoms with van der Waals surface area (Å²) >= 11 is 0. The lowest BCUT2D eigenvalue weighted by Gasteiger charge is -2.21. The van der Waals surface area contributed by atoms with Crippen LogP contribution in [0.15, 0.2) is 48.5 Å². The van der Waals surface area contributed by atoms with Gasteiger partial charge >= 0.3 is 0 Å². The molecular formula is C23H27N5O4. The molecule has 0 spiro atoms. The summed E-state index contributed by atoms with van der Waals surface area (Å²) in [5, 5.41) is 12.6. The van der Waals surface area contributed by atoms with Crippen molar-refractivity contribution in [2.24, 2.45) is 5.92 Å². The third-order valence-electron chi connectivity index (χ3n) is 4.90. The number of hydrogen-bond acceptors (Lipinski definition) is 6. The van der Waals surface area contributed by atoms with E-state index in [0.717, 1.165) is 11.3 Å². The predicted octanol–water partition coefficient (Wildman–Crippen LogP) is 2.56. The molecule has 3 aromatic rings. The van der Waals surface area contributed by atoms with Crippen LogP contribution in [0.1, 0.15) is 30.0 Å². The van der Waals surface area contributed by atoms with E-state index in [4.69, 9.17) is 9.47 Å². The van der Waals surface area contributed by atoms with Gasteiger partial charge in [0.25, 0.3) is 5.91 Å². The molecule has 2 aromatic carbocycles. The lowest BCUT2D eigenvalue weighted by atomic mass is 10.0. The third kappa shape index (κ3) is 5.63. The fourth-order valence-corrected chi connectivity index (χ4v) is 3.03. The molecule has 1 atom stereocenters. The highest BCUT2D eigenvalue weighted by molar-refractivity contribution is 5.97. The molecule has 1 aromatic heterocycles. The van der Waals surface area contributed by atoms with Gasteiger partial charge in [-0.25, -0.2) is 4.98 Å². The van der Waals surface area contributed by atoms with Crippen LogP contribution in [0.4, 0.5) is 0 Å². The Hall–Kier alpha value is -3.88. The first kappa shape index (κ1) is 22.8. The van der Waals surface area contributed by atoms with Crippen LogP contribution < -0.4 is 20.1 Å². The zero-order chi connectivity index (χ0) is 23.1. The highest BCUT2D eigenvalue weighted by atomic mass is 16.5. The minimum absolute atomic E-state index is 0.109. The number of ether oxygens (including phenoxy) is 2. The Morgan fingerprint density at radius 3 is 2.12 bits per heavy atom. The first-order chi connectivity index (χ1) is 15.4. The summed E-state index contributed by atoms with van der Waals surface area (Å²) in [5.41, 5.74) is 1.27. The van der Waals surface area contributed by atoms with Gasteiger partial charge in [0, 0.05) is 11.1 Å². The molecule has 9 nitrogen and oxygen atoms in total. The number of aromatic amines is 1. The number of carbonyl (C=O) groups is 2. The maximum absolute atomic E-state index is 12.8. The summed E-state index contributed by atoms with van der Waals surface area (Å²) in [5.74, 6) is 1.68. The summed E-state index contributed by atoms with van der Waals surface area (Å²) in [6.07, 6.45) is 0. The normalized spacial score (nSPS) is 11.7. The van der Waals surface area contributed by atoms with Crippen molar-refractivity contribution in [3.8, 4) is 22.9 Å². The van der Waals surface area contributed by atoms with E-state index in [9.17, 15) is 9.59 Å². The molecule has 9 heteroatoms. The van der Waals surface area contributed by atoms with Crippen molar-refractivity contribution in [1.82, 2.24) is 25.8 Å². The number of benzene rings is 2. The lowest BCUT2D eigenvalue weighted by molar-refractivity contribution is -0.124. The molecule has 2 amide bonds. The average molecular weight is 438 g/mol. The molecule has 3 rings (SSSR count). The zero-order valence-electron chi connectivity index (χ0n) is 18.5. The molecular weight excluding hydrogens is 410 g/mol. The molecule has 0 aliphatic carbocycles. The van der Waals surface area contributed by atoms with Crippen molar-refractivity contribution in [3.63, 3.8) is 0 Å². The predicted molar refractivity (Wildman–Crippen MR) is 119 cm³/mol. The molecule has 32 heavy (non-hydrogen) atoms. The average Bonchev–Trinajstić information content (AvgIpc) is 3.29. The minimum atomic E-state index is -0.700. The smallest absolute Gasteiger partial charge is 0.251 e. The fraction of sp³-hybridized carbons (Fsp3) is 0.304. The van der Waals surface area contributed by atoms with Gasteiger partial charge < -0.3 is 20.1 Å². The van der Waals surface area contributed by atoms with Crippen LogP contribution in [0.3, 0.4) is 0 Å². The minimum Gasteiger partial charge on any atom is -0.497 e. The zero-order valence-corrected chi connectivity index (χ0v) is 18.5. The van der Waals surface area contributed by atoms with Gasteiger partial charge in [0.05, 0.1) is 20.8 Å². The van der Waals surface area contributed by atoms with Crippen molar-refractivity contribution in [1.29, 1.82) is 0 Å². The molecule has 0 fully saturated rings. The van der Waals surface area contributed by atoms with Gasteiger partial charge in [0.2, 0.25) is 5.91 Å². The number of methoxy groups -OCH3 is 2. The number of nitrogens with one attached hydrogen (secondary N) is 3. The Labute approximate surface area is 186 Å². The summed E-state index contributed by atoms with van der Waals surface area (Å²) in [7, 11) is 3.16. The van der Waals surface area contributed by atoms with E-state index in [2.05, 4.69) is 25.8 Å². The SMILES string of the molecule is COc1ccc(C(=O)NC(C(=O)NCc2nc(-c3ccc(OC)cc3)n[nH]2)C(C)C)cc1. The Morgan fingerprint density at radius 2 is 1.56 bits per heavy atom. The van der Waals surface area contributed by atoms with Crippen molar-refractivity contribution in [3.05, 3.63) is 59.9 Å². The molecule has 0 bridgehead atoms. The molecule has 3 N–H and O–H groups in total. The van der Waals surface area contributed by atoms with E-state index in [1.54, 1.807) is 38.5 Å². The number of rotatable bonds is 9. The highest BCUT2D eigenvalue weighted by Crippen LogP contribution is 2.19. The van der Waals surface area contributed by atoms with E-state index in [1.165, 1.54) is 0 Å². The van der Waals surface area contributed by atoms with E-state index in [1.807, 2.05) is 38.1 Å². The van der Waals surface area contributed by atoms with Crippen molar-refractivity contribution in [2.45, 2.75) is 26.4 Å². The standard InChI is InChI=1S/C23H27N5O4/c1-14(2)20(26-22(29)16-7-11-18(32-4)12-8-16)23(30)24-13-19-25-21(28-27-19)15-5-9-17(31-3)10-6-15/h5-12,14,20H,13H2,1-4H3,(H,24,30)(H,26,29)(H,25,27,28). The van der Waals surface area contributed by atoms with E-state index in [-0.39, 0.29) is 24.3 Å². The van der Waals surface area contributed by atoms with Gasteiger partial charge in [-0.3, -0.25) is 14.7 Å². The van der Waals surface area contributed by atoms with E-state index < -0.39 is 6.04 Å². The van der Waals surface area contributed by atoms with Gasteiger partial charge in [-0.05, 0) is 54.4 Å². The van der Waals surface area contributed by atoms with Crippen LogP contribution in [0.2, 0.25) is 0 Å². The van der Waals surface area contributed by atoms with E-state index >= 15 is 0 Å². The summed E-state index contributed by atoms with van der Waals surface area (Å²) in [6, 6.07) is 13.4. The molecule has 0 aliphatic rings. The second kappa shape index (κ2) is 10.4. The summed E-state index contributed by atoms with van der Waals surface area (Å²) in [4.78, 5) is 29.7. The van der Waals surface area contributed by atoms with E-state index in [0.29, 0.717) is 23.0 Å². The molecule has 0 saturated carbocycles. The fourth-order valence-electron chi connectivity index (χ4n) is 3.03. The van der Waals surface area contributed by atoms with Gasteiger partial charge in [-0.15, -0.1) is 0 Å². The number of hydrogen-bond donors (Lipinski definition) is 3. The van der Waals surface area contributed by atoms with Gasteiger partial charge in [0.15, 0.2) is 5.82 Å². The summed E-state index contributed by atoms with van der Waals surface area (Å²) < 4.78 is 10.3. The van der Waals surface area contributed by atoms with Crippen molar-refractivity contribution in [2.75, 3.05) is 14.2 Å². The third-order valence-corrected chi connectivity index (χ3v) is 4.90.